The molecule has 2 rings (SSSR count). The Labute approximate surface area is 131 Å². The average molecular weight is 317 g/mol. The van der Waals surface area contributed by atoms with Gasteiger partial charge in [0.05, 0.1) is 0 Å². The summed E-state index contributed by atoms with van der Waals surface area (Å²) in [6.45, 7) is 2.48. The number of nitrogens with one attached hydrogen (secondary N) is 1. The van der Waals surface area contributed by atoms with E-state index in [4.69, 9.17) is 4.74 Å². The summed E-state index contributed by atoms with van der Waals surface area (Å²) in [5.41, 5.74) is 1.98. The normalized spacial score (nSPS) is 11.7. The van der Waals surface area contributed by atoms with Crippen molar-refractivity contribution in [2.24, 2.45) is 0 Å². The topological polar surface area (TPSA) is 55.4 Å². The number of sulfonamides is 1. The van der Waals surface area contributed by atoms with E-state index in [0.717, 1.165) is 16.9 Å². The smallest absolute Gasteiger partial charge is 0.233 e. The van der Waals surface area contributed by atoms with E-state index in [1.807, 2.05) is 61.5 Å². The first-order valence-corrected chi connectivity index (χ1v) is 8.52. The molecule has 0 fully saturated rings. The van der Waals surface area contributed by atoms with Gasteiger partial charge in [-0.05, 0) is 30.7 Å². The zero-order chi connectivity index (χ0) is 15.8. The van der Waals surface area contributed by atoms with Crippen molar-refractivity contribution in [3.63, 3.8) is 0 Å². The van der Waals surface area contributed by atoms with E-state index in [9.17, 15) is 8.42 Å². The van der Waals surface area contributed by atoms with Gasteiger partial charge in [0.25, 0.3) is 0 Å². The van der Waals surface area contributed by atoms with Crippen molar-refractivity contribution in [1.82, 2.24) is 4.72 Å². The lowest BCUT2D eigenvalue weighted by Crippen LogP contribution is -2.26. The molecule has 0 heterocycles. The van der Waals surface area contributed by atoms with Gasteiger partial charge in [0.2, 0.25) is 10.0 Å². The maximum Gasteiger partial charge on any atom is 0.233 e. The van der Waals surface area contributed by atoms with E-state index in [1.165, 1.54) is 5.41 Å². The van der Waals surface area contributed by atoms with Crippen LogP contribution in [0.4, 0.5) is 0 Å². The van der Waals surface area contributed by atoms with Crippen LogP contribution in [0.2, 0.25) is 0 Å². The van der Waals surface area contributed by atoms with Crippen molar-refractivity contribution >= 4 is 16.1 Å². The first-order valence-electron chi connectivity index (χ1n) is 6.97. The summed E-state index contributed by atoms with van der Waals surface area (Å²) < 4.78 is 31.6. The van der Waals surface area contributed by atoms with Gasteiger partial charge in [-0.15, -0.1) is 0 Å². The third-order valence-corrected chi connectivity index (χ3v) is 4.04. The van der Waals surface area contributed by atoms with Crippen molar-refractivity contribution in [3.8, 4) is 5.75 Å². The molecule has 116 valence electrons. The molecule has 0 saturated heterocycles. The SMILES string of the molecule is Cc1ccc(/C=C/S(=O)(=O)NCCOc2ccccc2)cc1. The number of hydrogen-bond acceptors (Lipinski definition) is 3. The predicted octanol–water partition coefficient (Wildman–Crippen LogP) is 2.96. The summed E-state index contributed by atoms with van der Waals surface area (Å²) in [6.07, 6.45) is 1.57. The Hall–Kier alpha value is -2.11. The van der Waals surface area contributed by atoms with Gasteiger partial charge < -0.3 is 4.74 Å². The van der Waals surface area contributed by atoms with E-state index in [-0.39, 0.29) is 13.2 Å². The van der Waals surface area contributed by atoms with E-state index in [0.29, 0.717) is 0 Å². The highest BCUT2D eigenvalue weighted by molar-refractivity contribution is 7.92. The number of aryl methyl sites for hydroxylation is 1. The highest BCUT2D eigenvalue weighted by Gasteiger charge is 2.04. The Bertz CT molecular complexity index is 707. The standard InChI is InChI=1S/C17H19NO3S/c1-15-7-9-16(10-8-15)11-14-22(19,20)18-12-13-21-17-5-3-2-4-6-17/h2-11,14,18H,12-13H2,1H3/b14-11+. The van der Waals surface area contributed by atoms with Crippen molar-refractivity contribution in [3.05, 3.63) is 71.1 Å². The molecule has 2 aromatic rings. The highest BCUT2D eigenvalue weighted by Crippen LogP contribution is 2.08. The fourth-order valence-corrected chi connectivity index (χ4v) is 2.56. The quantitative estimate of drug-likeness (QED) is 0.799. The molecule has 0 aliphatic rings. The second-order valence-electron chi connectivity index (χ2n) is 4.81. The molecule has 1 N–H and O–H groups in total. The third-order valence-electron chi connectivity index (χ3n) is 2.93. The van der Waals surface area contributed by atoms with Crippen LogP contribution in [-0.2, 0) is 10.0 Å². The molecular formula is C17H19NO3S. The summed E-state index contributed by atoms with van der Waals surface area (Å²) in [5.74, 6) is 0.719. The van der Waals surface area contributed by atoms with Crippen molar-refractivity contribution in [2.45, 2.75) is 6.92 Å². The molecule has 0 atom stereocenters. The van der Waals surface area contributed by atoms with Gasteiger partial charge in [0.1, 0.15) is 12.4 Å². The van der Waals surface area contributed by atoms with Crippen LogP contribution in [-0.4, -0.2) is 21.6 Å². The van der Waals surface area contributed by atoms with E-state index in [2.05, 4.69) is 4.72 Å². The van der Waals surface area contributed by atoms with Gasteiger partial charge in [-0.3, -0.25) is 0 Å². The lowest BCUT2D eigenvalue weighted by molar-refractivity contribution is 0.323. The minimum absolute atomic E-state index is 0.218. The molecule has 0 saturated carbocycles. The van der Waals surface area contributed by atoms with Crippen LogP contribution in [0.15, 0.2) is 60.0 Å². The molecule has 2 aromatic carbocycles. The monoisotopic (exact) mass is 317 g/mol. The van der Waals surface area contributed by atoms with Crippen LogP contribution < -0.4 is 9.46 Å². The number of para-hydroxylation sites is 1. The second kappa shape index (κ2) is 7.77. The van der Waals surface area contributed by atoms with Crippen molar-refractivity contribution < 1.29 is 13.2 Å². The molecule has 0 spiro atoms. The fraction of sp³-hybridized carbons (Fsp3) is 0.176. The predicted molar refractivity (Wildman–Crippen MR) is 89.1 cm³/mol. The summed E-state index contributed by atoms with van der Waals surface area (Å²) in [5, 5.41) is 1.17. The highest BCUT2D eigenvalue weighted by atomic mass is 32.2. The number of benzene rings is 2. The number of rotatable bonds is 7. The Morgan fingerprint density at radius 3 is 2.41 bits per heavy atom. The average Bonchev–Trinajstić information content (AvgIpc) is 2.52. The van der Waals surface area contributed by atoms with Gasteiger partial charge >= 0.3 is 0 Å². The molecule has 0 aliphatic carbocycles. The summed E-state index contributed by atoms with van der Waals surface area (Å²) in [6, 6.07) is 16.9. The fourth-order valence-electron chi connectivity index (χ4n) is 1.76. The molecule has 0 bridgehead atoms. The van der Waals surface area contributed by atoms with Crippen LogP contribution in [0, 0.1) is 6.92 Å². The first kappa shape index (κ1) is 16.3. The summed E-state index contributed by atoms with van der Waals surface area (Å²) >= 11 is 0. The molecular weight excluding hydrogens is 298 g/mol. The van der Waals surface area contributed by atoms with E-state index >= 15 is 0 Å². The molecule has 22 heavy (non-hydrogen) atoms. The van der Waals surface area contributed by atoms with Crippen molar-refractivity contribution in [2.75, 3.05) is 13.2 Å². The zero-order valence-electron chi connectivity index (χ0n) is 12.4. The number of hydrogen-bond donors (Lipinski definition) is 1. The van der Waals surface area contributed by atoms with Crippen LogP contribution in [0.25, 0.3) is 6.08 Å². The Morgan fingerprint density at radius 1 is 1.05 bits per heavy atom. The maximum atomic E-state index is 11.8. The van der Waals surface area contributed by atoms with Gasteiger partial charge in [0.15, 0.2) is 0 Å². The van der Waals surface area contributed by atoms with Crippen molar-refractivity contribution in [1.29, 1.82) is 0 Å². The van der Waals surface area contributed by atoms with E-state index in [1.54, 1.807) is 6.08 Å². The van der Waals surface area contributed by atoms with E-state index < -0.39 is 10.0 Å². The summed E-state index contributed by atoms with van der Waals surface area (Å²) in [7, 11) is -3.45. The Morgan fingerprint density at radius 2 is 1.73 bits per heavy atom. The van der Waals surface area contributed by atoms with Gasteiger partial charge in [-0.2, -0.15) is 0 Å². The number of ether oxygens (including phenoxy) is 1. The molecule has 0 aromatic heterocycles. The minimum Gasteiger partial charge on any atom is -0.492 e. The van der Waals surface area contributed by atoms with Gasteiger partial charge in [-0.25, -0.2) is 13.1 Å². The zero-order valence-corrected chi connectivity index (χ0v) is 13.2. The molecule has 4 nitrogen and oxygen atoms in total. The van der Waals surface area contributed by atoms with Crippen LogP contribution in [0.1, 0.15) is 11.1 Å². The largest absolute Gasteiger partial charge is 0.492 e. The second-order valence-corrected chi connectivity index (χ2v) is 6.47. The molecule has 0 aliphatic heterocycles. The summed E-state index contributed by atoms with van der Waals surface area (Å²) in [4.78, 5) is 0. The lowest BCUT2D eigenvalue weighted by atomic mass is 10.2. The molecule has 5 heteroatoms. The van der Waals surface area contributed by atoms with Crippen LogP contribution in [0.3, 0.4) is 0 Å². The Kier molecular flexibility index (Phi) is 5.75. The van der Waals surface area contributed by atoms with Crippen LogP contribution >= 0.6 is 0 Å². The van der Waals surface area contributed by atoms with Gasteiger partial charge in [0, 0.05) is 12.0 Å². The first-order chi connectivity index (χ1) is 10.6. The third kappa shape index (κ3) is 5.71. The minimum atomic E-state index is -3.45. The van der Waals surface area contributed by atoms with Gasteiger partial charge in [-0.1, -0.05) is 48.0 Å². The van der Waals surface area contributed by atoms with Crippen LogP contribution in [0.5, 0.6) is 5.75 Å². The Balaban J connectivity index is 1.80. The molecule has 0 amide bonds. The molecule has 0 unspecified atom stereocenters. The maximum absolute atomic E-state index is 11.8. The lowest BCUT2D eigenvalue weighted by Gasteiger charge is -2.06. The molecule has 0 radical (unpaired) electrons.